The predicted octanol–water partition coefficient (Wildman–Crippen LogP) is 0.750. The molecule has 1 N–H and O–H groups in total. The number of aliphatic hydroxyl groups excluding tert-OH is 1. The van der Waals surface area contributed by atoms with Crippen LogP contribution in [0.3, 0.4) is 0 Å². The van der Waals surface area contributed by atoms with Gasteiger partial charge >= 0.3 is 0 Å². The smallest absolute Gasteiger partial charge is 0.234 e. The second-order valence-electron chi connectivity index (χ2n) is 3.47. The summed E-state index contributed by atoms with van der Waals surface area (Å²) in [5.74, 6) is 0. The highest BCUT2D eigenvalue weighted by atomic mass is 16.3. The molecule has 2 aromatic carbocycles. The van der Waals surface area contributed by atoms with Crippen LogP contribution in [-0.4, -0.2) is 5.11 Å². The van der Waals surface area contributed by atoms with Crippen molar-refractivity contribution in [1.82, 2.24) is 0 Å². The molecule has 2 aromatic rings. The quantitative estimate of drug-likeness (QED) is 0.731. The van der Waals surface area contributed by atoms with Crippen molar-refractivity contribution in [3.8, 4) is 11.1 Å². The van der Waals surface area contributed by atoms with Crippen LogP contribution in [0.15, 0.2) is 33.9 Å². The summed E-state index contributed by atoms with van der Waals surface area (Å²) in [6, 6.07) is 7.06. The Balaban J connectivity index is 2.66. The van der Waals surface area contributed by atoms with Gasteiger partial charge in [0.25, 0.3) is 0 Å². The summed E-state index contributed by atoms with van der Waals surface area (Å²) in [6.45, 7) is 1.50. The van der Waals surface area contributed by atoms with E-state index in [9.17, 15) is 9.59 Å². The second kappa shape index (κ2) is 3.44. The molecule has 3 heteroatoms. The first-order valence-corrected chi connectivity index (χ1v) is 4.66. The topological polar surface area (TPSA) is 54.4 Å². The molecule has 3 nitrogen and oxygen atoms in total. The minimum Gasteiger partial charge on any atom is -0.392 e. The Morgan fingerprint density at radius 1 is 1.13 bits per heavy atom. The van der Waals surface area contributed by atoms with E-state index in [2.05, 4.69) is 0 Å². The molecule has 0 spiro atoms. The fourth-order valence-corrected chi connectivity index (χ4v) is 1.73. The second-order valence-corrected chi connectivity index (χ2v) is 3.47. The Bertz CT molecular complexity index is 575. The van der Waals surface area contributed by atoms with E-state index in [1.165, 1.54) is 0 Å². The van der Waals surface area contributed by atoms with Crippen LogP contribution in [0.25, 0.3) is 11.1 Å². The van der Waals surface area contributed by atoms with Crippen molar-refractivity contribution in [3.63, 3.8) is 0 Å². The summed E-state index contributed by atoms with van der Waals surface area (Å²) >= 11 is 0. The standard InChI is InChI=1S/C12H10O3/c1-7-10(12(15)11(7)14)9-5-3-2-4-8(9)6-13/h2-5,13H,6H2,1H3. The molecule has 0 unspecified atom stereocenters. The first kappa shape index (κ1) is 9.80. The van der Waals surface area contributed by atoms with Crippen molar-refractivity contribution in [1.29, 1.82) is 0 Å². The zero-order valence-corrected chi connectivity index (χ0v) is 8.28. The molecule has 15 heavy (non-hydrogen) atoms. The van der Waals surface area contributed by atoms with Crippen molar-refractivity contribution in [2.75, 3.05) is 0 Å². The van der Waals surface area contributed by atoms with Gasteiger partial charge in [-0.25, -0.2) is 0 Å². The van der Waals surface area contributed by atoms with Crippen molar-refractivity contribution in [3.05, 3.63) is 55.8 Å². The van der Waals surface area contributed by atoms with Crippen LogP contribution in [-0.2, 0) is 6.61 Å². The van der Waals surface area contributed by atoms with E-state index < -0.39 is 10.9 Å². The fourth-order valence-electron chi connectivity index (χ4n) is 1.73. The molecule has 0 saturated carbocycles. The number of hydrogen-bond acceptors (Lipinski definition) is 3. The molecule has 2 rings (SSSR count). The average molecular weight is 202 g/mol. The van der Waals surface area contributed by atoms with Gasteiger partial charge in [0, 0.05) is 11.1 Å². The summed E-state index contributed by atoms with van der Waals surface area (Å²) in [4.78, 5) is 22.4. The lowest BCUT2D eigenvalue weighted by Gasteiger charge is -2.10. The highest BCUT2D eigenvalue weighted by molar-refractivity contribution is 5.72. The van der Waals surface area contributed by atoms with E-state index in [1.807, 2.05) is 0 Å². The van der Waals surface area contributed by atoms with Crippen LogP contribution >= 0.6 is 0 Å². The van der Waals surface area contributed by atoms with Crippen LogP contribution in [0.4, 0.5) is 0 Å². The first-order valence-electron chi connectivity index (χ1n) is 4.66. The average Bonchev–Trinajstić information content (AvgIpc) is 2.29. The molecule has 0 bridgehead atoms. The van der Waals surface area contributed by atoms with Crippen LogP contribution in [0.2, 0.25) is 0 Å². The highest BCUT2D eigenvalue weighted by Gasteiger charge is 2.19. The predicted molar refractivity (Wildman–Crippen MR) is 57.4 cm³/mol. The van der Waals surface area contributed by atoms with Crippen LogP contribution in [0, 0.1) is 6.92 Å². The molecule has 0 aliphatic heterocycles. The lowest BCUT2D eigenvalue weighted by molar-refractivity contribution is 0.282. The van der Waals surface area contributed by atoms with Gasteiger partial charge in [-0.15, -0.1) is 0 Å². The summed E-state index contributed by atoms with van der Waals surface area (Å²) in [7, 11) is 0. The minimum absolute atomic E-state index is 0.131. The van der Waals surface area contributed by atoms with E-state index in [1.54, 1.807) is 31.2 Å². The van der Waals surface area contributed by atoms with E-state index >= 15 is 0 Å². The summed E-state index contributed by atoms with van der Waals surface area (Å²) in [6.07, 6.45) is 0. The van der Waals surface area contributed by atoms with Gasteiger partial charge in [-0.3, -0.25) is 9.59 Å². The maximum absolute atomic E-state index is 11.4. The third-order valence-electron chi connectivity index (χ3n) is 2.61. The minimum atomic E-state index is -0.451. The molecule has 0 saturated heterocycles. The fraction of sp³-hybridized carbons (Fsp3) is 0.167. The molecule has 0 aromatic heterocycles. The molecule has 76 valence electrons. The van der Waals surface area contributed by atoms with Crippen LogP contribution < -0.4 is 10.9 Å². The third-order valence-corrected chi connectivity index (χ3v) is 2.61. The number of aliphatic hydroxyl groups is 1. The Morgan fingerprint density at radius 3 is 2.40 bits per heavy atom. The molecular weight excluding hydrogens is 192 g/mol. The van der Waals surface area contributed by atoms with Crippen LogP contribution in [0.1, 0.15) is 11.1 Å². The number of rotatable bonds is 2. The van der Waals surface area contributed by atoms with E-state index in [0.717, 1.165) is 0 Å². The molecule has 0 amide bonds. The molecule has 0 radical (unpaired) electrons. The molecular formula is C12H10O3. The maximum Gasteiger partial charge on any atom is 0.234 e. The van der Waals surface area contributed by atoms with Gasteiger partial charge in [0.2, 0.25) is 10.9 Å². The van der Waals surface area contributed by atoms with Crippen molar-refractivity contribution >= 4 is 0 Å². The number of benzene rings is 1. The van der Waals surface area contributed by atoms with Gasteiger partial charge < -0.3 is 5.11 Å². The van der Waals surface area contributed by atoms with Gasteiger partial charge in [0.05, 0.1) is 6.61 Å². The van der Waals surface area contributed by atoms with Gasteiger partial charge in [-0.05, 0) is 18.1 Å². The lowest BCUT2D eigenvalue weighted by atomic mass is 9.92. The third kappa shape index (κ3) is 1.32. The van der Waals surface area contributed by atoms with Crippen molar-refractivity contribution < 1.29 is 5.11 Å². The van der Waals surface area contributed by atoms with Gasteiger partial charge in [0.1, 0.15) is 0 Å². The summed E-state index contributed by atoms with van der Waals surface area (Å²) in [5, 5.41) is 9.11. The van der Waals surface area contributed by atoms with Gasteiger partial charge in [0.15, 0.2) is 0 Å². The SMILES string of the molecule is Cc1c(-c2ccccc2CO)c(=O)c1=O. The molecule has 0 fully saturated rings. The molecule has 0 aliphatic rings. The largest absolute Gasteiger partial charge is 0.392 e. The van der Waals surface area contributed by atoms with Crippen LogP contribution in [0.5, 0.6) is 0 Å². The van der Waals surface area contributed by atoms with Gasteiger partial charge in [-0.1, -0.05) is 24.3 Å². The first-order chi connectivity index (χ1) is 7.16. The molecule has 0 aliphatic carbocycles. The Hall–Kier alpha value is -1.74. The van der Waals surface area contributed by atoms with Crippen molar-refractivity contribution in [2.24, 2.45) is 0 Å². The van der Waals surface area contributed by atoms with Crippen molar-refractivity contribution in [2.45, 2.75) is 13.5 Å². The van der Waals surface area contributed by atoms with E-state index in [0.29, 0.717) is 22.3 Å². The maximum atomic E-state index is 11.4. The summed E-state index contributed by atoms with van der Waals surface area (Å²) in [5.41, 5.74) is 1.41. The van der Waals surface area contributed by atoms with E-state index in [4.69, 9.17) is 5.11 Å². The lowest BCUT2D eigenvalue weighted by Crippen LogP contribution is -2.35. The highest BCUT2D eigenvalue weighted by Crippen LogP contribution is 2.23. The molecule has 0 heterocycles. The number of hydrogen-bond donors (Lipinski definition) is 1. The zero-order chi connectivity index (χ0) is 11.0. The molecule has 0 atom stereocenters. The summed E-state index contributed by atoms with van der Waals surface area (Å²) < 4.78 is 0. The zero-order valence-electron chi connectivity index (χ0n) is 8.28. The Morgan fingerprint density at radius 2 is 1.80 bits per heavy atom. The Labute approximate surface area is 86.3 Å². The normalized spacial score (nSPS) is 10.8. The monoisotopic (exact) mass is 202 g/mol. The van der Waals surface area contributed by atoms with Gasteiger partial charge in [-0.2, -0.15) is 0 Å². The van der Waals surface area contributed by atoms with E-state index in [-0.39, 0.29) is 6.61 Å². The Kier molecular flexibility index (Phi) is 2.25.